The van der Waals surface area contributed by atoms with Gasteiger partial charge >= 0.3 is 0 Å². The molecule has 0 saturated heterocycles. The SMILES string of the molecule is Cc1cc2c(c(-c3c(C)cccc3Cl)c1)O[C@@H](CN)C2. The summed E-state index contributed by atoms with van der Waals surface area (Å²) < 4.78 is 6.02. The van der Waals surface area contributed by atoms with Gasteiger partial charge in [0.1, 0.15) is 11.9 Å². The average molecular weight is 288 g/mol. The Labute approximate surface area is 124 Å². The van der Waals surface area contributed by atoms with E-state index in [1.807, 2.05) is 12.1 Å². The molecule has 2 nitrogen and oxygen atoms in total. The number of rotatable bonds is 2. The van der Waals surface area contributed by atoms with Crippen molar-refractivity contribution in [1.29, 1.82) is 0 Å². The quantitative estimate of drug-likeness (QED) is 0.909. The van der Waals surface area contributed by atoms with Gasteiger partial charge in [0.15, 0.2) is 0 Å². The van der Waals surface area contributed by atoms with E-state index in [1.165, 1.54) is 11.1 Å². The lowest BCUT2D eigenvalue weighted by Gasteiger charge is -2.15. The lowest BCUT2D eigenvalue weighted by atomic mass is 9.95. The zero-order chi connectivity index (χ0) is 14.3. The van der Waals surface area contributed by atoms with Gasteiger partial charge in [-0.2, -0.15) is 0 Å². The standard InChI is InChI=1S/C17H18ClNO/c1-10-6-12-8-13(9-19)20-17(12)14(7-10)16-11(2)4-3-5-15(16)18/h3-7,13H,8-9,19H2,1-2H3/t13-/m1/s1. The van der Waals surface area contributed by atoms with Gasteiger partial charge in [-0.25, -0.2) is 0 Å². The van der Waals surface area contributed by atoms with Crippen molar-refractivity contribution in [2.75, 3.05) is 6.54 Å². The van der Waals surface area contributed by atoms with Gasteiger partial charge in [-0.1, -0.05) is 29.8 Å². The summed E-state index contributed by atoms with van der Waals surface area (Å²) in [5.41, 5.74) is 11.5. The smallest absolute Gasteiger partial charge is 0.131 e. The molecule has 0 unspecified atom stereocenters. The van der Waals surface area contributed by atoms with Crippen molar-refractivity contribution in [1.82, 2.24) is 0 Å². The largest absolute Gasteiger partial charge is 0.488 e. The molecule has 3 heteroatoms. The number of fused-ring (bicyclic) bond motifs is 1. The Morgan fingerprint density at radius 3 is 2.80 bits per heavy atom. The predicted octanol–water partition coefficient (Wildman–Crippen LogP) is 3.89. The summed E-state index contributed by atoms with van der Waals surface area (Å²) in [6, 6.07) is 10.3. The monoisotopic (exact) mass is 287 g/mol. The molecule has 0 amide bonds. The summed E-state index contributed by atoms with van der Waals surface area (Å²) in [7, 11) is 0. The summed E-state index contributed by atoms with van der Waals surface area (Å²) >= 11 is 6.41. The minimum Gasteiger partial charge on any atom is -0.488 e. The fourth-order valence-electron chi connectivity index (χ4n) is 2.88. The molecule has 2 aromatic carbocycles. The first-order valence-electron chi connectivity index (χ1n) is 6.86. The van der Waals surface area contributed by atoms with Gasteiger partial charge < -0.3 is 10.5 Å². The highest BCUT2D eigenvalue weighted by Crippen LogP contribution is 2.43. The summed E-state index contributed by atoms with van der Waals surface area (Å²) in [4.78, 5) is 0. The average Bonchev–Trinajstić information content (AvgIpc) is 2.81. The first-order valence-corrected chi connectivity index (χ1v) is 7.23. The van der Waals surface area contributed by atoms with E-state index >= 15 is 0 Å². The third-order valence-electron chi connectivity index (χ3n) is 3.80. The van der Waals surface area contributed by atoms with Crippen LogP contribution in [0.2, 0.25) is 5.02 Å². The van der Waals surface area contributed by atoms with Crippen molar-refractivity contribution in [2.45, 2.75) is 26.4 Å². The minimum atomic E-state index is 0.0772. The molecule has 0 aromatic heterocycles. The Bertz CT molecular complexity index is 646. The number of hydrogen-bond donors (Lipinski definition) is 1. The van der Waals surface area contributed by atoms with E-state index in [0.29, 0.717) is 6.54 Å². The van der Waals surface area contributed by atoms with Crippen LogP contribution in [0.15, 0.2) is 30.3 Å². The van der Waals surface area contributed by atoms with E-state index in [9.17, 15) is 0 Å². The van der Waals surface area contributed by atoms with Crippen LogP contribution in [0.3, 0.4) is 0 Å². The first-order chi connectivity index (χ1) is 9.60. The molecule has 0 bridgehead atoms. The second kappa shape index (κ2) is 5.12. The van der Waals surface area contributed by atoms with Crippen molar-refractivity contribution < 1.29 is 4.74 Å². The van der Waals surface area contributed by atoms with Crippen molar-refractivity contribution in [3.8, 4) is 16.9 Å². The maximum absolute atomic E-state index is 6.41. The molecule has 1 aliphatic heterocycles. The van der Waals surface area contributed by atoms with Crippen LogP contribution in [0.5, 0.6) is 5.75 Å². The van der Waals surface area contributed by atoms with Gasteiger partial charge in [-0.05, 0) is 42.7 Å². The van der Waals surface area contributed by atoms with Crippen LogP contribution in [-0.4, -0.2) is 12.6 Å². The van der Waals surface area contributed by atoms with Crippen LogP contribution in [0.25, 0.3) is 11.1 Å². The molecule has 0 spiro atoms. The summed E-state index contributed by atoms with van der Waals surface area (Å²) in [5.74, 6) is 0.947. The molecule has 0 saturated carbocycles. The lowest BCUT2D eigenvalue weighted by molar-refractivity contribution is 0.242. The molecule has 3 rings (SSSR count). The molecule has 0 aliphatic carbocycles. The van der Waals surface area contributed by atoms with Crippen LogP contribution in [0, 0.1) is 13.8 Å². The second-order valence-corrected chi connectivity index (χ2v) is 5.82. The van der Waals surface area contributed by atoms with Gasteiger partial charge in [0.2, 0.25) is 0 Å². The molecule has 1 atom stereocenters. The third-order valence-corrected chi connectivity index (χ3v) is 4.11. The van der Waals surface area contributed by atoms with E-state index in [-0.39, 0.29) is 6.10 Å². The highest BCUT2D eigenvalue weighted by molar-refractivity contribution is 6.33. The molecule has 20 heavy (non-hydrogen) atoms. The Kier molecular flexibility index (Phi) is 3.45. The third kappa shape index (κ3) is 2.19. The molecule has 1 aliphatic rings. The van der Waals surface area contributed by atoms with E-state index in [2.05, 4.69) is 32.0 Å². The first kappa shape index (κ1) is 13.5. The number of benzene rings is 2. The zero-order valence-corrected chi connectivity index (χ0v) is 12.5. The topological polar surface area (TPSA) is 35.2 Å². The van der Waals surface area contributed by atoms with Gasteiger partial charge in [0.25, 0.3) is 0 Å². The van der Waals surface area contributed by atoms with Crippen molar-refractivity contribution in [3.05, 3.63) is 52.0 Å². The van der Waals surface area contributed by atoms with Crippen LogP contribution in [-0.2, 0) is 6.42 Å². The number of halogens is 1. The number of nitrogens with two attached hydrogens (primary N) is 1. The predicted molar refractivity (Wildman–Crippen MR) is 83.5 cm³/mol. The lowest BCUT2D eigenvalue weighted by Crippen LogP contribution is -2.24. The number of hydrogen-bond acceptors (Lipinski definition) is 2. The summed E-state index contributed by atoms with van der Waals surface area (Å²) in [6.07, 6.45) is 0.956. The second-order valence-electron chi connectivity index (χ2n) is 5.41. The highest BCUT2D eigenvalue weighted by Gasteiger charge is 2.26. The van der Waals surface area contributed by atoms with E-state index in [4.69, 9.17) is 22.1 Å². The van der Waals surface area contributed by atoms with E-state index in [0.717, 1.165) is 33.9 Å². The van der Waals surface area contributed by atoms with Gasteiger partial charge in [-0.3, -0.25) is 0 Å². The maximum Gasteiger partial charge on any atom is 0.131 e. The minimum absolute atomic E-state index is 0.0772. The molecule has 2 N–H and O–H groups in total. The van der Waals surface area contributed by atoms with Gasteiger partial charge in [-0.15, -0.1) is 0 Å². The van der Waals surface area contributed by atoms with E-state index < -0.39 is 0 Å². The van der Waals surface area contributed by atoms with Gasteiger partial charge in [0, 0.05) is 29.1 Å². The summed E-state index contributed by atoms with van der Waals surface area (Å²) in [5, 5.41) is 0.762. The molecule has 2 aromatic rings. The Hall–Kier alpha value is -1.51. The van der Waals surface area contributed by atoms with Crippen LogP contribution < -0.4 is 10.5 Å². The highest BCUT2D eigenvalue weighted by atomic mass is 35.5. The fourth-order valence-corrected chi connectivity index (χ4v) is 3.21. The zero-order valence-electron chi connectivity index (χ0n) is 11.7. The van der Waals surface area contributed by atoms with Crippen molar-refractivity contribution in [3.63, 3.8) is 0 Å². The normalized spacial score (nSPS) is 16.9. The molecule has 1 heterocycles. The van der Waals surface area contributed by atoms with E-state index in [1.54, 1.807) is 0 Å². The Balaban J connectivity index is 2.21. The Morgan fingerprint density at radius 1 is 1.30 bits per heavy atom. The number of ether oxygens (including phenoxy) is 1. The summed E-state index contributed by atoms with van der Waals surface area (Å²) in [6.45, 7) is 4.71. The van der Waals surface area contributed by atoms with Crippen LogP contribution in [0.1, 0.15) is 16.7 Å². The van der Waals surface area contributed by atoms with Crippen molar-refractivity contribution in [2.24, 2.45) is 5.73 Å². The fraction of sp³-hybridized carbons (Fsp3) is 0.294. The molecule has 0 fully saturated rings. The van der Waals surface area contributed by atoms with Gasteiger partial charge in [0.05, 0.1) is 0 Å². The molecular formula is C17H18ClNO. The van der Waals surface area contributed by atoms with Crippen molar-refractivity contribution >= 4 is 11.6 Å². The molecule has 0 radical (unpaired) electrons. The van der Waals surface area contributed by atoms with Crippen LogP contribution in [0.4, 0.5) is 0 Å². The maximum atomic E-state index is 6.41. The molecular weight excluding hydrogens is 270 g/mol. The number of aryl methyl sites for hydroxylation is 2. The molecule has 104 valence electrons. The van der Waals surface area contributed by atoms with Crippen LogP contribution >= 0.6 is 11.6 Å². The Morgan fingerprint density at radius 2 is 2.10 bits per heavy atom.